The van der Waals surface area contributed by atoms with Crippen LogP contribution >= 0.6 is 0 Å². The third-order valence-corrected chi connectivity index (χ3v) is 4.67. The molecule has 170 valence electrons. The van der Waals surface area contributed by atoms with Gasteiger partial charge >= 0.3 is 5.97 Å². The number of methoxy groups -OCH3 is 1. The zero-order valence-corrected chi connectivity index (χ0v) is 19.3. The highest BCUT2D eigenvalue weighted by molar-refractivity contribution is 6.18. The SMILES string of the molecule is COc1ccc(/C(=C/C(O)=C(\C(=O)Oc2ccccc2)c2ccccc2)NC(C)(C)C)cc1. The Kier molecular flexibility index (Phi) is 7.57. The fraction of sp³-hybridized carbons (Fsp3) is 0.179. The van der Waals surface area contributed by atoms with Crippen molar-refractivity contribution in [3.63, 3.8) is 0 Å². The lowest BCUT2D eigenvalue weighted by Gasteiger charge is -2.25. The van der Waals surface area contributed by atoms with Crippen LogP contribution in [-0.4, -0.2) is 23.7 Å². The largest absolute Gasteiger partial charge is 0.507 e. The molecule has 0 bridgehead atoms. The molecule has 0 aliphatic rings. The van der Waals surface area contributed by atoms with Crippen LogP contribution in [0, 0.1) is 0 Å². The Labute approximate surface area is 195 Å². The molecule has 0 aliphatic carbocycles. The highest BCUT2D eigenvalue weighted by Gasteiger charge is 2.21. The molecule has 0 aliphatic heterocycles. The average molecular weight is 444 g/mol. The van der Waals surface area contributed by atoms with E-state index in [-0.39, 0.29) is 16.9 Å². The summed E-state index contributed by atoms with van der Waals surface area (Å²) in [4.78, 5) is 13.1. The molecular formula is C28H29NO4. The molecule has 3 rings (SSSR count). The van der Waals surface area contributed by atoms with Crippen molar-refractivity contribution in [3.05, 3.63) is 108 Å². The highest BCUT2D eigenvalue weighted by atomic mass is 16.5. The van der Waals surface area contributed by atoms with E-state index in [1.807, 2.05) is 57.2 Å². The number of aliphatic hydroxyl groups is 1. The van der Waals surface area contributed by atoms with Gasteiger partial charge in [-0.3, -0.25) is 0 Å². The van der Waals surface area contributed by atoms with Crippen molar-refractivity contribution >= 4 is 17.2 Å². The Bertz CT molecular complexity index is 1130. The second-order valence-corrected chi connectivity index (χ2v) is 8.49. The Hall–Kier alpha value is -3.99. The summed E-state index contributed by atoms with van der Waals surface area (Å²) in [5.41, 5.74) is 1.83. The summed E-state index contributed by atoms with van der Waals surface area (Å²) in [6.45, 7) is 6.06. The van der Waals surface area contributed by atoms with Crippen molar-refractivity contribution in [1.29, 1.82) is 0 Å². The normalized spacial score (nSPS) is 12.5. The van der Waals surface area contributed by atoms with Gasteiger partial charge in [-0.1, -0.05) is 48.5 Å². The van der Waals surface area contributed by atoms with E-state index in [9.17, 15) is 9.90 Å². The fourth-order valence-electron chi connectivity index (χ4n) is 3.20. The molecule has 3 aromatic rings. The summed E-state index contributed by atoms with van der Waals surface area (Å²) >= 11 is 0. The van der Waals surface area contributed by atoms with Gasteiger partial charge in [0.1, 0.15) is 22.8 Å². The first kappa shape index (κ1) is 23.7. The molecule has 0 amide bonds. The molecule has 2 N–H and O–H groups in total. The average Bonchev–Trinajstić information content (AvgIpc) is 2.79. The molecule has 5 nitrogen and oxygen atoms in total. The number of allylic oxidation sites excluding steroid dienone is 1. The number of aliphatic hydroxyl groups excluding tert-OH is 1. The maximum absolute atomic E-state index is 13.1. The Morgan fingerprint density at radius 2 is 1.39 bits per heavy atom. The van der Waals surface area contributed by atoms with Gasteiger partial charge in [0.2, 0.25) is 0 Å². The van der Waals surface area contributed by atoms with Gasteiger partial charge in [0, 0.05) is 17.3 Å². The van der Waals surface area contributed by atoms with Crippen LogP contribution in [0.4, 0.5) is 0 Å². The zero-order valence-electron chi connectivity index (χ0n) is 19.3. The predicted octanol–water partition coefficient (Wildman–Crippen LogP) is 6.00. The van der Waals surface area contributed by atoms with Crippen molar-refractivity contribution in [2.24, 2.45) is 0 Å². The number of benzene rings is 3. The smallest absolute Gasteiger partial charge is 0.347 e. The van der Waals surface area contributed by atoms with Gasteiger partial charge < -0.3 is 19.9 Å². The molecule has 0 saturated heterocycles. The third-order valence-electron chi connectivity index (χ3n) is 4.67. The minimum Gasteiger partial charge on any atom is -0.507 e. The molecule has 0 saturated carbocycles. The molecule has 0 heterocycles. The molecule has 0 unspecified atom stereocenters. The van der Waals surface area contributed by atoms with Crippen LogP contribution < -0.4 is 14.8 Å². The summed E-state index contributed by atoms with van der Waals surface area (Å²) in [6, 6.07) is 25.2. The number of hydrogen-bond donors (Lipinski definition) is 2. The monoisotopic (exact) mass is 443 g/mol. The van der Waals surface area contributed by atoms with Crippen LogP contribution in [0.3, 0.4) is 0 Å². The highest BCUT2D eigenvalue weighted by Crippen LogP contribution is 2.26. The topological polar surface area (TPSA) is 67.8 Å². The molecule has 0 fully saturated rings. The summed E-state index contributed by atoms with van der Waals surface area (Å²) < 4.78 is 10.8. The van der Waals surface area contributed by atoms with Gasteiger partial charge in [0.25, 0.3) is 0 Å². The first-order valence-electron chi connectivity index (χ1n) is 10.7. The summed E-state index contributed by atoms with van der Waals surface area (Å²) in [6.07, 6.45) is 1.56. The van der Waals surface area contributed by atoms with Crippen molar-refractivity contribution < 1.29 is 19.4 Å². The summed E-state index contributed by atoms with van der Waals surface area (Å²) in [5.74, 6) is 0.275. The minimum absolute atomic E-state index is 0.0705. The van der Waals surface area contributed by atoms with Gasteiger partial charge in [0.05, 0.1) is 7.11 Å². The van der Waals surface area contributed by atoms with E-state index in [0.717, 1.165) is 11.3 Å². The lowest BCUT2D eigenvalue weighted by Crippen LogP contribution is -2.34. The number of para-hydroxylation sites is 1. The fourth-order valence-corrected chi connectivity index (χ4v) is 3.20. The van der Waals surface area contributed by atoms with E-state index in [1.54, 1.807) is 61.7 Å². The first-order chi connectivity index (χ1) is 15.8. The molecule has 0 atom stereocenters. The second kappa shape index (κ2) is 10.6. The minimum atomic E-state index is -0.647. The number of nitrogens with one attached hydrogen (secondary N) is 1. The Balaban J connectivity index is 2.10. The quantitative estimate of drug-likeness (QED) is 0.154. The molecular weight excluding hydrogens is 414 g/mol. The van der Waals surface area contributed by atoms with Crippen LogP contribution in [-0.2, 0) is 4.79 Å². The van der Waals surface area contributed by atoms with Crippen LogP contribution in [0.5, 0.6) is 11.5 Å². The lowest BCUT2D eigenvalue weighted by atomic mass is 10.0. The van der Waals surface area contributed by atoms with E-state index < -0.39 is 5.97 Å². The first-order valence-corrected chi connectivity index (χ1v) is 10.7. The Morgan fingerprint density at radius 1 is 0.818 bits per heavy atom. The maximum atomic E-state index is 13.1. The van der Waals surface area contributed by atoms with Crippen LogP contribution in [0.1, 0.15) is 31.9 Å². The van der Waals surface area contributed by atoms with Crippen molar-refractivity contribution in [3.8, 4) is 11.5 Å². The van der Waals surface area contributed by atoms with E-state index in [1.165, 1.54) is 0 Å². The number of hydrogen-bond acceptors (Lipinski definition) is 5. The lowest BCUT2D eigenvalue weighted by molar-refractivity contribution is -0.128. The van der Waals surface area contributed by atoms with Gasteiger partial charge in [-0.15, -0.1) is 0 Å². The third kappa shape index (κ3) is 6.74. The van der Waals surface area contributed by atoms with Gasteiger partial charge in [0.15, 0.2) is 0 Å². The standard InChI is InChI=1S/C28H29NO4/c1-28(2,3)29-24(20-15-17-22(32-4)18-16-20)19-25(30)26(21-11-7-5-8-12-21)27(31)33-23-13-9-6-10-14-23/h5-19,29-30H,1-4H3/b24-19-,26-25+. The molecule has 0 radical (unpaired) electrons. The van der Waals surface area contributed by atoms with Crippen LogP contribution in [0.25, 0.3) is 11.3 Å². The van der Waals surface area contributed by atoms with E-state index in [4.69, 9.17) is 9.47 Å². The predicted molar refractivity (Wildman–Crippen MR) is 132 cm³/mol. The number of rotatable bonds is 7. The van der Waals surface area contributed by atoms with E-state index in [0.29, 0.717) is 17.0 Å². The van der Waals surface area contributed by atoms with Gasteiger partial charge in [-0.2, -0.15) is 0 Å². The number of esters is 1. The van der Waals surface area contributed by atoms with E-state index in [2.05, 4.69) is 5.32 Å². The molecule has 3 aromatic carbocycles. The summed E-state index contributed by atoms with van der Waals surface area (Å²) in [7, 11) is 1.61. The number of ether oxygens (including phenoxy) is 2. The van der Waals surface area contributed by atoms with Gasteiger partial charge in [-0.25, -0.2) is 4.79 Å². The van der Waals surface area contributed by atoms with Gasteiger partial charge in [-0.05, 0) is 68.3 Å². The van der Waals surface area contributed by atoms with Crippen molar-refractivity contribution in [1.82, 2.24) is 5.32 Å². The molecule has 33 heavy (non-hydrogen) atoms. The van der Waals surface area contributed by atoms with Crippen molar-refractivity contribution in [2.45, 2.75) is 26.3 Å². The second-order valence-electron chi connectivity index (χ2n) is 8.49. The number of carbonyl (C=O) groups is 1. The summed E-state index contributed by atoms with van der Waals surface area (Å²) in [5, 5.41) is 14.6. The maximum Gasteiger partial charge on any atom is 0.347 e. The zero-order chi connectivity index (χ0) is 23.8. The van der Waals surface area contributed by atoms with Crippen LogP contribution in [0.2, 0.25) is 0 Å². The van der Waals surface area contributed by atoms with E-state index >= 15 is 0 Å². The Morgan fingerprint density at radius 3 is 1.94 bits per heavy atom. The molecule has 0 aromatic heterocycles. The van der Waals surface area contributed by atoms with Crippen LogP contribution in [0.15, 0.2) is 96.8 Å². The van der Waals surface area contributed by atoms with Crippen molar-refractivity contribution in [2.75, 3.05) is 7.11 Å². The number of carbonyl (C=O) groups excluding carboxylic acids is 1. The molecule has 0 spiro atoms. The molecule has 5 heteroatoms.